The Morgan fingerprint density at radius 3 is 2.91 bits per heavy atom. The number of aryl methyl sites for hydroxylation is 1. The molecule has 0 radical (unpaired) electrons. The minimum atomic E-state index is -3.31. The molecule has 0 bridgehead atoms. The maximum atomic E-state index is 12.0. The summed E-state index contributed by atoms with van der Waals surface area (Å²) in [6.45, 7) is 0.716. The number of sulfonamides is 1. The summed E-state index contributed by atoms with van der Waals surface area (Å²) in [6.07, 6.45) is 5.45. The molecule has 0 saturated carbocycles. The van der Waals surface area contributed by atoms with E-state index in [2.05, 4.69) is 15.5 Å². The van der Waals surface area contributed by atoms with Crippen molar-refractivity contribution in [1.29, 1.82) is 0 Å². The van der Waals surface area contributed by atoms with Crippen LogP contribution in [0.15, 0.2) is 12.4 Å². The molecule has 1 aromatic rings. The fraction of sp³-hybridized carbons (Fsp3) is 0.714. The number of carbonyl (C=O) groups is 1. The summed E-state index contributed by atoms with van der Waals surface area (Å²) in [7, 11) is -0.288. The molecule has 130 valence electrons. The molecule has 1 amide bonds. The zero-order valence-electron chi connectivity index (χ0n) is 13.5. The molecular formula is C14H24N4O4S. The van der Waals surface area contributed by atoms with Gasteiger partial charge in [0.05, 0.1) is 31.2 Å². The van der Waals surface area contributed by atoms with E-state index < -0.39 is 10.0 Å². The van der Waals surface area contributed by atoms with Gasteiger partial charge in [-0.25, -0.2) is 12.7 Å². The van der Waals surface area contributed by atoms with Crippen molar-refractivity contribution in [3.63, 3.8) is 0 Å². The molecule has 8 nitrogen and oxygen atoms in total. The van der Waals surface area contributed by atoms with Crippen LogP contribution in [0.3, 0.4) is 0 Å². The van der Waals surface area contributed by atoms with Crippen LogP contribution >= 0.6 is 0 Å². The van der Waals surface area contributed by atoms with Crippen LogP contribution in [0.2, 0.25) is 0 Å². The number of aromatic nitrogens is 2. The highest BCUT2D eigenvalue weighted by atomic mass is 32.2. The highest BCUT2D eigenvalue weighted by Gasteiger charge is 2.33. The molecular weight excluding hydrogens is 320 g/mol. The van der Waals surface area contributed by atoms with E-state index in [1.54, 1.807) is 6.20 Å². The van der Waals surface area contributed by atoms with Gasteiger partial charge >= 0.3 is 0 Å². The lowest BCUT2D eigenvalue weighted by Crippen LogP contribution is -2.43. The molecule has 1 fully saturated rings. The van der Waals surface area contributed by atoms with E-state index in [0.717, 1.165) is 18.4 Å². The van der Waals surface area contributed by atoms with Gasteiger partial charge in [0, 0.05) is 32.6 Å². The Morgan fingerprint density at radius 2 is 2.26 bits per heavy atom. The summed E-state index contributed by atoms with van der Waals surface area (Å²) in [5.41, 5.74) is 1.07. The van der Waals surface area contributed by atoms with Crippen LogP contribution in [0.4, 0.5) is 0 Å². The molecule has 0 aromatic carbocycles. The van der Waals surface area contributed by atoms with Crippen molar-refractivity contribution >= 4 is 15.9 Å². The van der Waals surface area contributed by atoms with Crippen LogP contribution in [0.25, 0.3) is 0 Å². The summed E-state index contributed by atoms with van der Waals surface area (Å²) >= 11 is 0. The van der Waals surface area contributed by atoms with E-state index >= 15 is 0 Å². The van der Waals surface area contributed by atoms with Crippen LogP contribution in [0.5, 0.6) is 0 Å². The molecule has 1 aromatic heterocycles. The van der Waals surface area contributed by atoms with E-state index in [0.29, 0.717) is 19.6 Å². The predicted octanol–water partition coefficient (Wildman–Crippen LogP) is -0.245. The second kappa shape index (κ2) is 7.89. The largest absolute Gasteiger partial charge is 0.379 e. The molecule has 0 spiro atoms. The second-order valence-corrected chi connectivity index (χ2v) is 8.22. The van der Waals surface area contributed by atoms with Gasteiger partial charge in [0.1, 0.15) is 0 Å². The molecule has 1 saturated heterocycles. The SMILES string of the molecule is CN(C)S(=O)(=O)C[C@@H]1COC[C@@H]1NC(=O)CCCc1cn[nH]c1. The Morgan fingerprint density at radius 1 is 1.48 bits per heavy atom. The van der Waals surface area contributed by atoms with Crippen molar-refractivity contribution in [3.8, 4) is 0 Å². The molecule has 1 aliphatic heterocycles. The number of hydrogen-bond donors (Lipinski definition) is 2. The van der Waals surface area contributed by atoms with Crippen molar-refractivity contribution in [2.45, 2.75) is 25.3 Å². The van der Waals surface area contributed by atoms with Crippen LogP contribution in [-0.2, 0) is 26.0 Å². The van der Waals surface area contributed by atoms with Crippen molar-refractivity contribution in [2.75, 3.05) is 33.1 Å². The number of amides is 1. The molecule has 9 heteroatoms. The molecule has 0 unspecified atom stereocenters. The van der Waals surface area contributed by atoms with E-state index in [9.17, 15) is 13.2 Å². The van der Waals surface area contributed by atoms with Gasteiger partial charge in [-0.3, -0.25) is 9.89 Å². The van der Waals surface area contributed by atoms with Gasteiger partial charge < -0.3 is 10.1 Å². The van der Waals surface area contributed by atoms with E-state index in [1.165, 1.54) is 18.4 Å². The third kappa shape index (κ3) is 5.29. The Kier molecular flexibility index (Phi) is 6.14. The summed E-state index contributed by atoms with van der Waals surface area (Å²) < 4.78 is 30.5. The average Bonchev–Trinajstić information content (AvgIpc) is 3.11. The highest BCUT2D eigenvalue weighted by molar-refractivity contribution is 7.89. The predicted molar refractivity (Wildman–Crippen MR) is 85.2 cm³/mol. The first-order chi connectivity index (χ1) is 10.9. The Labute approximate surface area is 136 Å². The number of rotatable bonds is 8. The molecule has 2 rings (SSSR count). The zero-order valence-corrected chi connectivity index (χ0v) is 14.3. The zero-order chi connectivity index (χ0) is 16.9. The van der Waals surface area contributed by atoms with E-state index in [1.807, 2.05) is 6.20 Å². The average molecular weight is 344 g/mol. The van der Waals surface area contributed by atoms with Crippen LogP contribution in [0, 0.1) is 5.92 Å². The van der Waals surface area contributed by atoms with Gasteiger partial charge in [0.25, 0.3) is 0 Å². The number of aromatic amines is 1. The number of carbonyl (C=O) groups excluding carboxylic acids is 1. The lowest BCUT2D eigenvalue weighted by molar-refractivity contribution is -0.122. The standard InChI is InChI=1S/C14H24N4O4S/c1-18(2)23(20,21)10-12-8-22-9-13(12)17-14(19)5-3-4-11-6-15-16-7-11/h6-7,12-13H,3-5,8-10H2,1-2H3,(H,15,16)(H,17,19)/t12-,13-/m0/s1. The monoisotopic (exact) mass is 344 g/mol. The third-order valence-electron chi connectivity index (χ3n) is 3.95. The van der Waals surface area contributed by atoms with Gasteiger partial charge in [-0.05, 0) is 18.4 Å². The van der Waals surface area contributed by atoms with Crippen molar-refractivity contribution in [3.05, 3.63) is 18.0 Å². The normalized spacial score (nSPS) is 21.7. The fourth-order valence-electron chi connectivity index (χ4n) is 2.49. The first kappa shape index (κ1) is 17.9. The van der Waals surface area contributed by atoms with Crippen molar-refractivity contribution in [1.82, 2.24) is 19.8 Å². The van der Waals surface area contributed by atoms with Crippen molar-refractivity contribution in [2.24, 2.45) is 5.92 Å². The summed E-state index contributed by atoms with van der Waals surface area (Å²) in [5, 5.41) is 9.49. The summed E-state index contributed by atoms with van der Waals surface area (Å²) in [4.78, 5) is 12.0. The third-order valence-corrected chi connectivity index (χ3v) is 5.91. The van der Waals surface area contributed by atoms with Crippen LogP contribution in [0.1, 0.15) is 18.4 Å². The number of nitrogens with one attached hydrogen (secondary N) is 2. The number of H-pyrrole nitrogens is 1. The lowest BCUT2D eigenvalue weighted by Gasteiger charge is -2.21. The van der Waals surface area contributed by atoms with Gasteiger partial charge in [-0.1, -0.05) is 0 Å². The van der Waals surface area contributed by atoms with Gasteiger partial charge in [-0.15, -0.1) is 0 Å². The van der Waals surface area contributed by atoms with Crippen molar-refractivity contribution < 1.29 is 17.9 Å². The number of ether oxygens (including phenoxy) is 1. The molecule has 0 aliphatic carbocycles. The highest BCUT2D eigenvalue weighted by Crippen LogP contribution is 2.17. The Bertz CT molecular complexity index is 600. The molecule has 2 atom stereocenters. The fourth-order valence-corrected chi connectivity index (χ4v) is 3.66. The number of nitrogens with zero attached hydrogens (tertiary/aromatic N) is 2. The Balaban J connectivity index is 1.77. The molecule has 23 heavy (non-hydrogen) atoms. The lowest BCUT2D eigenvalue weighted by atomic mass is 10.1. The summed E-state index contributed by atoms with van der Waals surface area (Å²) in [6, 6.07) is -0.244. The summed E-state index contributed by atoms with van der Waals surface area (Å²) in [5.74, 6) is -0.295. The van der Waals surface area contributed by atoms with Gasteiger partial charge in [0.15, 0.2) is 0 Å². The van der Waals surface area contributed by atoms with Crippen LogP contribution in [-0.4, -0.2) is 67.9 Å². The first-order valence-electron chi connectivity index (χ1n) is 7.63. The van der Waals surface area contributed by atoms with Gasteiger partial charge in [0.2, 0.25) is 15.9 Å². The van der Waals surface area contributed by atoms with Gasteiger partial charge in [-0.2, -0.15) is 5.10 Å². The van der Waals surface area contributed by atoms with Crippen LogP contribution < -0.4 is 5.32 Å². The first-order valence-corrected chi connectivity index (χ1v) is 9.24. The minimum absolute atomic E-state index is 0.0139. The van der Waals surface area contributed by atoms with E-state index in [-0.39, 0.29) is 23.6 Å². The molecule has 2 heterocycles. The maximum absolute atomic E-state index is 12.0. The number of hydrogen-bond acceptors (Lipinski definition) is 5. The van der Waals surface area contributed by atoms with E-state index in [4.69, 9.17) is 4.74 Å². The maximum Gasteiger partial charge on any atom is 0.220 e. The minimum Gasteiger partial charge on any atom is -0.379 e. The quantitative estimate of drug-likeness (QED) is 0.677. The molecule has 1 aliphatic rings. The second-order valence-electron chi connectivity index (χ2n) is 5.99. The topological polar surface area (TPSA) is 104 Å². The molecule has 2 N–H and O–H groups in total. The Hall–Kier alpha value is -1.45. The smallest absolute Gasteiger partial charge is 0.220 e.